The molecule has 0 amide bonds. The van der Waals surface area contributed by atoms with Gasteiger partial charge < -0.3 is 19.0 Å². The summed E-state index contributed by atoms with van der Waals surface area (Å²) < 4.78 is 16.3. The molecule has 18 heavy (non-hydrogen) atoms. The van der Waals surface area contributed by atoms with Crippen molar-refractivity contribution in [2.75, 3.05) is 27.4 Å². The van der Waals surface area contributed by atoms with Crippen LogP contribution < -0.4 is 9.47 Å². The second-order valence-corrected chi connectivity index (χ2v) is 4.34. The molecule has 0 aromatic heterocycles. The summed E-state index contributed by atoms with van der Waals surface area (Å²) in [5.41, 5.74) is 1.99. The molecule has 96 valence electrons. The van der Waals surface area contributed by atoms with E-state index in [0.29, 0.717) is 30.6 Å². The fourth-order valence-corrected chi connectivity index (χ4v) is 2.34. The third kappa shape index (κ3) is 1.71. The molecule has 0 aliphatic carbocycles. The number of fused-ring (bicyclic) bond motifs is 1. The molecular formula is C13H15NO4. The molecule has 0 saturated carbocycles. The summed E-state index contributed by atoms with van der Waals surface area (Å²) in [6, 6.07) is 5.77. The normalized spacial score (nSPS) is 25.3. The van der Waals surface area contributed by atoms with E-state index >= 15 is 0 Å². The molecule has 1 aromatic rings. The quantitative estimate of drug-likeness (QED) is 0.819. The number of rotatable bonds is 3. The molecule has 1 fully saturated rings. The maximum absolute atomic E-state index is 5.77. The van der Waals surface area contributed by atoms with Crippen LogP contribution >= 0.6 is 0 Å². The molecular weight excluding hydrogens is 234 g/mol. The van der Waals surface area contributed by atoms with Crippen LogP contribution in [0.5, 0.6) is 11.5 Å². The molecule has 1 aromatic carbocycles. The van der Waals surface area contributed by atoms with E-state index in [1.807, 2.05) is 18.2 Å². The molecule has 5 heteroatoms. The van der Waals surface area contributed by atoms with Crippen molar-refractivity contribution in [2.24, 2.45) is 11.1 Å². The van der Waals surface area contributed by atoms with Crippen LogP contribution in [-0.4, -0.2) is 33.1 Å². The highest BCUT2D eigenvalue weighted by atomic mass is 16.6. The van der Waals surface area contributed by atoms with Crippen molar-refractivity contribution in [3.63, 3.8) is 0 Å². The Morgan fingerprint density at radius 1 is 1.17 bits per heavy atom. The second kappa shape index (κ2) is 4.49. The minimum absolute atomic E-state index is 0.127. The number of hydrogen-bond donors (Lipinski definition) is 0. The van der Waals surface area contributed by atoms with Crippen LogP contribution in [0, 0.1) is 5.92 Å². The molecule has 2 atom stereocenters. The monoisotopic (exact) mass is 249 g/mol. The number of oxime groups is 1. The van der Waals surface area contributed by atoms with E-state index in [2.05, 4.69) is 5.16 Å². The molecule has 2 heterocycles. The molecule has 1 saturated heterocycles. The number of nitrogens with zero attached hydrogens (tertiary/aromatic N) is 1. The van der Waals surface area contributed by atoms with Crippen LogP contribution in [0.2, 0.25) is 0 Å². The van der Waals surface area contributed by atoms with Crippen LogP contribution in [0.1, 0.15) is 11.7 Å². The maximum atomic E-state index is 5.77. The highest BCUT2D eigenvalue weighted by Crippen LogP contribution is 2.37. The van der Waals surface area contributed by atoms with Crippen molar-refractivity contribution in [1.29, 1.82) is 0 Å². The topological polar surface area (TPSA) is 49.3 Å². The first-order chi connectivity index (χ1) is 8.83. The minimum Gasteiger partial charge on any atom is -0.493 e. The van der Waals surface area contributed by atoms with E-state index in [1.54, 1.807) is 14.2 Å². The van der Waals surface area contributed by atoms with Crippen molar-refractivity contribution in [3.8, 4) is 11.5 Å². The Bertz CT molecular complexity index is 486. The fourth-order valence-electron chi connectivity index (χ4n) is 2.34. The van der Waals surface area contributed by atoms with E-state index in [-0.39, 0.29) is 6.10 Å². The van der Waals surface area contributed by atoms with Crippen molar-refractivity contribution in [1.82, 2.24) is 0 Å². The molecule has 5 nitrogen and oxygen atoms in total. The van der Waals surface area contributed by atoms with Gasteiger partial charge in [0.1, 0.15) is 12.7 Å². The van der Waals surface area contributed by atoms with Gasteiger partial charge in [0, 0.05) is 0 Å². The Morgan fingerprint density at radius 3 is 2.78 bits per heavy atom. The van der Waals surface area contributed by atoms with Crippen LogP contribution in [0.3, 0.4) is 0 Å². The van der Waals surface area contributed by atoms with E-state index in [1.165, 1.54) is 0 Å². The smallest absolute Gasteiger partial charge is 0.161 e. The van der Waals surface area contributed by atoms with Gasteiger partial charge >= 0.3 is 0 Å². The van der Waals surface area contributed by atoms with Crippen molar-refractivity contribution < 1.29 is 19.0 Å². The third-order valence-electron chi connectivity index (χ3n) is 3.31. The van der Waals surface area contributed by atoms with E-state index < -0.39 is 0 Å². The predicted octanol–water partition coefficient (Wildman–Crippen LogP) is 1.78. The summed E-state index contributed by atoms with van der Waals surface area (Å²) in [4.78, 5) is 5.12. The van der Waals surface area contributed by atoms with Crippen molar-refractivity contribution >= 4 is 5.71 Å². The standard InChI is InChI=1S/C13H15NO4/c1-15-10-4-3-8(5-11(10)16-2)13-12-9(6-17-13)7-18-14-12/h3-5,9,13H,6-7H2,1-2H3/t9-,13+/m1/s1. The minimum atomic E-state index is -0.127. The molecule has 0 unspecified atom stereocenters. The zero-order valence-corrected chi connectivity index (χ0v) is 10.4. The van der Waals surface area contributed by atoms with Crippen molar-refractivity contribution in [2.45, 2.75) is 6.10 Å². The third-order valence-corrected chi connectivity index (χ3v) is 3.31. The highest BCUT2D eigenvalue weighted by Gasteiger charge is 2.38. The maximum Gasteiger partial charge on any atom is 0.161 e. The Hall–Kier alpha value is -1.75. The Morgan fingerprint density at radius 2 is 2.00 bits per heavy atom. The lowest BCUT2D eigenvalue weighted by Gasteiger charge is -2.13. The SMILES string of the molecule is COc1ccc([C@@H]2OC[C@@H]3CON=C32)cc1OC. The summed E-state index contributed by atoms with van der Waals surface area (Å²) in [5, 5.41) is 4.07. The van der Waals surface area contributed by atoms with Gasteiger partial charge in [0.05, 0.1) is 32.5 Å². The Kier molecular flexibility index (Phi) is 2.83. The number of ether oxygens (including phenoxy) is 3. The van der Waals surface area contributed by atoms with E-state index in [4.69, 9.17) is 19.0 Å². The van der Waals surface area contributed by atoms with Crippen LogP contribution in [0.4, 0.5) is 0 Å². The Balaban J connectivity index is 1.93. The largest absolute Gasteiger partial charge is 0.493 e. The summed E-state index contributed by atoms with van der Waals surface area (Å²) in [7, 11) is 3.24. The zero-order chi connectivity index (χ0) is 12.5. The van der Waals surface area contributed by atoms with E-state index in [0.717, 1.165) is 11.3 Å². The van der Waals surface area contributed by atoms with E-state index in [9.17, 15) is 0 Å². The summed E-state index contributed by atoms with van der Waals surface area (Å²) >= 11 is 0. The van der Waals surface area contributed by atoms with Gasteiger partial charge in [-0.25, -0.2) is 0 Å². The molecule has 2 aliphatic rings. The lowest BCUT2D eigenvalue weighted by atomic mass is 9.99. The van der Waals surface area contributed by atoms with Crippen LogP contribution in [-0.2, 0) is 9.57 Å². The summed E-state index contributed by atoms with van der Waals surface area (Å²) in [6.45, 7) is 1.29. The van der Waals surface area contributed by atoms with Gasteiger partial charge in [0.15, 0.2) is 11.5 Å². The first kappa shape index (κ1) is 11.3. The first-order valence-corrected chi connectivity index (χ1v) is 5.86. The van der Waals surface area contributed by atoms with Gasteiger partial charge in [-0.15, -0.1) is 0 Å². The molecule has 3 rings (SSSR count). The molecule has 0 spiro atoms. The summed E-state index contributed by atoms with van der Waals surface area (Å²) in [6.07, 6.45) is -0.127. The first-order valence-electron chi connectivity index (χ1n) is 5.86. The van der Waals surface area contributed by atoms with Crippen LogP contribution in [0.25, 0.3) is 0 Å². The number of hydrogen-bond acceptors (Lipinski definition) is 5. The lowest BCUT2D eigenvalue weighted by Crippen LogP contribution is -2.12. The van der Waals surface area contributed by atoms with Gasteiger partial charge in [-0.3, -0.25) is 0 Å². The fraction of sp³-hybridized carbons (Fsp3) is 0.462. The van der Waals surface area contributed by atoms with Gasteiger partial charge in [0.2, 0.25) is 0 Å². The van der Waals surface area contributed by atoms with Crippen LogP contribution in [0.15, 0.2) is 23.4 Å². The average Bonchev–Trinajstić information content (AvgIpc) is 3.00. The highest BCUT2D eigenvalue weighted by molar-refractivity contribution is 5.94. The van der Waals surface area contributed by atoms with Crippen molar-refractivity contribution in [3.05, 3.63) is 23.8 Å². The van der Waals surface area contributed by atoms with Gasteiger partial charge in [-0.05, 0) is 17.7 Å². The second-order valence-electron chi connectivity index (χ2n) is 4.34. The summed E-state index contributed by atoms with van der Waals surface area (Å²) in [5.74, 6) is 1.70. The Labute approximate surface area is 105 Å². The predicted molar refractivity (Wildman–Crippen MR) is 65.1 cm³/mol. The molecule has 2 aliphatic heterocycles. The zero-order valence-electron chi connectivity index (χ0n) is 10.4. The average molecular weight is 249 g/mol. The number of methoxy groups -OCH3 is 2. The van der Waals surface area contributed by atoms with Gasteiger partial charge in [-0.2, -0.15) is 0 Å². The van der Waals surface area contributed by atoms with Gasteiger partial charge in [-0.1, -0.05) is 11.2 Å². The van der Waals surface area contributed by atoms with Gasteiger partial charge in [0.25, 0.3) is 0 Å². The molecule has 0 N–H and O–H groups in total. The lowest BCUT2D eigenvalue weighted by molar-refractivity contribution is 0.0791. The molecule has 0 bridgehead atoms. The molecule has 0 radical (unpaired) electrons. The number of benzene rings is 1.